The van der Waals surface area contributed by atoms with Crippen LogP contribution in [0.4, 0.5) is 0 Å². The van der Waals surface area contributed by atoms with E-state index in [2.05, 4.69) is 30.6 Å². The van der Waals surface area contributed by atoms with Gasteiger partial charge in [0.2, 0.25) is 10.0 Å². The lowest BCUT2D eigenvalue weighted by Gasteiger charge is -2.38. The minimum absolute atomic E-state index is 0.00474. The van der Waals surface area contributed by atoms with E-state index in [1.165, 1.54) is 0 Å². The number of amides is 1. The Kier molecular flexibility index (Phi) is 6.75. The van der Waals surface area contributed by atoms with Crippen molar-refractivity contribution < 1.29 is 13.2 Å². The molecule has 0 radical (unpaired) electrons. The molecular formula is C24H37N3O3S. The normalized spacial score (nSPS) is 26.7. The number of sulfonamides is 1. The van der Waals surface area contributed by atoms with Crippen molar-refractivity contribution >= 4 is 15.9 Å². The quantitative estimate of drug-likeness (QED) is 0.670. The molecule has 1 aromatic carbocycles. The van der Waals surface area contributed by atoms with Crippen LogP contribution in [0.15, 0.2) is 29.2 Å². The van der Waals surface area contributed by atoms with Crippen LogP contribution in [0, 0.1) is 11.8 Å². The van der Waals surface area contributed by atoms with Gasteiger partial charge in [0.1, 0.15) is 0 Å². The van der Waals surface area contributed by atoms with Crippen LogP contribution >= 0.6 is 0 Å². The number of likely N-dealkylation sites (tertiary alicyclic amines) is 1. The first-order chi connectivity index (χ1) is 14.8. The number of carbonyl (C=O) groups is 1. The summed E-state index contributed by atoms with van der Waals surface area (Å²) in [5.74, 6) is 0.695. The predicted molar refractivity (Wildman–Crippen MR) is 122 cm³/mol. The molecule has 31 heavy (non-hydrogen) atoms. The van der Waals surface area contributed by atoms with Crippen molar-refractivity contribution in [1.29, 1.82) is 0 Å². The van der Waals surface area contributed by atoms with Gasteiger partial charge in [-0.3, -0.25) is 4.79 Å². The molecule has 2 unspecified atom stereocenters. The summed E-state index contributed by atoms with van der Waals surface area (Å²) in [6.07, 6.45) is 5.16. The molecule has 6 nitrogen and oxygen atoms in total. The molecule has 172 valence electrons. The molecule has 0 spiro atoms. The Morgan fingerprint density at radius 3 is 2.23 bits per heavy atom. The second-order valence-corrected chi connectivity index (χ2v) is 11.8. The molecule has 4 rings (SSSR count). The van der Waals surface area contributed by atoms with Gasteiger partial charge < -0.3 is 9.80 Å². The first kappa shape index (κ1) is 22.7. The van der Waals surface area contributed by atoms with Crippen molar-refractivity contribution in [2.75, 3.05) is 32.7 Å². The van der Waals surface area contributed by atoms with Gasteiger partial charge in [-0.2, -0.15) is 4.31 Å². The maximum atomic E-state index is 13.5. The standard InChI is InChI=1S/C24H37N3O3S/c1-4-25-12-10-22(11-13-25)27(21-8-9-21)24(28)20-6-5-7-23(15-20)31(29,30)26-16-18(2)14-19(3)17-26/h5-7,15,18-19,21-22H,4,8-14,16-17H2,1-3H3. The molecule has 2 atom stereocenters. The summed E-state index contributed by atoms with van der Waals surface area (Å²) >= 11 is 0. The largest absolute Gasteiger partial charge is 0.333 e. The monoisotopic (exact) mass is 447 g/mol. The van der Waals surface area contributed by atoms with E-state index in [4.69, 9.17) is 0 Å². The summed E-state index contributed by atoms with van der Waals surface area (Å²) in [5, 5.41) is 0. The van der Waals surface area contributed by atoms with E-state index in [-0.39, 0.29) is 16.8 Å². The van der Waals surface area contributed by atoms with E-state index in [0.29, 0.717) is 36.5 Å². The van der Waals surface area contributed by atoms with E-state index in [0.717, 1.165) is 51.7 Å². The van der Waals surface area contributed by atoms with Crippen LogP contribution in [0.5, 0.6) is 0 Å². The van der Waals surface area contributed by atoms with E-state index >= 15 is 0 Å². The van der Waals surface area contributed by atoms with E-state index in [9.17, 15) is 13.2 Å². The van der Waals surface area contributed by atoms with Crippen LogP contribution < -0.4 is 0 Å². The number of rotatable bonds is 6. The van der Waals surface area contributed by atoms with Crippen molar-refractivity contribution in [3.63, 3.8) is 0 Å². The number of carbonyl (C=O) groups excluding carboxylic acids is 1. The summed E-state index contributed by atoms with van der Waals surface area (Å²) in [5.41, 5.74) is 0.504. The lowest BCUT2D eigenvalue weighted by Crippen LogP contribution is -2.48. The van der Waals surface area contributed by atoms with Gasteiger partial charge in [-0.05, 0) is 68.7 Å². The van der Waals surface area contributed by atoms with Crippen molar-refractivity contribution in [2.45, 2.75) is 69.9 Å². The Hall–Kier alpha value is -1.44. The highest BCUT2D eigenvalue weighted by molar-refractivity contribution is 7.89. The van der Waals surface area contributed by atoms with Gasteiger partial charge in [0.15, 0.2) is 0 Å². The zero-order valence-electron chi connectivity index (χ0n) is 19.2. The zero-order valence-corrected chi connectivity index (χ0v) is 20.0. The van der Waals surface area contributed by atoms with Crippen LogP contribution in [0.25, 0.3) is 0 Å². The predicted octanol–water partition coefficient (Wildman–Crippen LogP) is 3.44. The van der Waals surface area contributed by atoms with Crippen molar-refractivity contribution in [2.24, 2.45) is 11.8 Å². The first-order valence-electron chi connectivity index (χ1n) is 11.9. The minimum atomic E-state index is -3.59. The Morgan fingerprint density at radius 1 is 1.03 bits per heavy atom. The molecule has 3 aliphatic rings. The lowest BCUT2D eigenvalue weighted by atomic mass is 9.94. The summed E-state index contributed by atoms with van der Waals surface area (Å²) in [4.78, 5) is 18.3. The molecule has 2 heterocycles. The fraction of sp³-hybridized carbons (Fsp3) is 0.708. The molecule has 7 heteroatoms. The minimum Gasteiger partial charge on any atom is -0.333 e. The molecule has 3 fully saturated rings. The number of hydrogen-bond acceptors (Lipinski definition) is 4. The summed E-state index contributed by atoms with van der Waals surface area (Å²) < 4.78 is 28.3. The Balaban J connectivity index is 1.55. The van der Waals surface area contributed by atoms with Gasteiger partial charge in [-0.25, -0.2) is 8.42 Å². The lowest BCUT2D eigenvalue weighted by molar-refractivity contribution is 0.0554. The Labute approximate surface area is 187 Å². The third kappa shape index (κ3) is 4.99. The van der Waals surface area contributed by atoms with E-state index < -0.39 is 10.0 Å². The third-order valence-electron chi connectivity index (χ3n) is 7.13. The highest BCUT2D eigenvalue weighted by atomic mass is 32.2. The second kappa shape index (κ2) is 9.20. The fourth-order valence-electron chi connectivity index (χ4n) is 5.39. The van der Waals surface area contributed by atoms with Crippen LogP contribution in [0.1, 0.15) is 63.2 Å². The number of benzene rings is 1. The number of nitrogens with zero attached hydrogens (tertiary/aromatic N) is 3. The van der Waals surface area contributed by atoms with Crippen LogP contribution in [-0.4, -0.2) is 73.2 Å². The molecule has 1 aliphatic carbocycles. The maximum absolute atomic E-state index is 13.5. The van der Waals surface area contributed by atoms with Crippen molar-refractivity contribution in [1.82, 2.24) is 14.1 Å². The van der Waals surface area contributed by atoms with Crippen LogP contribution in [0.2, 0.25) is 0 Å². The highest BCUT2D eigenvalue weighted by Gasteiger charge is 2.39. The van der Waals surface area contributed by atoms with Crippen molar-refractivity contribution in [3.05, 3.63) is 29.8 Å². The fourth-order valence-corrected chi connectivity index (χ4v) is 7.11. The molecule has 0 aromatic heterocycles. The molecule has 1 aromatic rings. The molecule has 2 aliphatic heterocycles. The Bertz CT molecular complexity index is 881. The second-order valence-electron chi connectivity index (χ2n) is 9.90. The highest BCUT2D eigenvalue weighted by Crippen LogP contribution is 2.34. The van der Waals surface area contributed by atoms with Gasteiger partial charge in [0, 0.05) is 43.8 Å². The summed E-state index contributed by atoms with van der Waals surface area (Å²) in [7, 11) is -3.59. The van der Waals surface area contributed by atoms with Gasteiger partial charge in [0.05, 0.1) is 4.90 Å². The molecule has 1 amide bonds. The molecule has 2 saturated heterocycles. The first-order valence-corrected chi connectivity index (χ1v) is 13.4. The zero-order chi connectivity index (χ0) is 22.2. The average Bonchev–Trinajstić information content (AvgIpc) is 3.59. The topological polar surface area (TPSA) is 60.9 Å². The van der Waals surface area contributed by atoms with Gasteiger partial charge in [-0.15, -0.1) is 0 Å². The van der Waals surface area contributed by atoms with E-state index in [1.807, 2.05) is 0 Å². The van der Waals surface area contributed by atoms with Gasteiger partial charge in [0.25, 0.3) is 5.91 Å². The molecular weight excluding hydrogens is 410 g/mol. The van der Waals surface area contributed by atoms with Crippen LogP contribution in [0.3, 0.4) is 0 Å². The third-order valence-corrected chi connectivity index (χ3v) is 8.95. The Morgan fingerprint density at radius 2 is 1.65 bits per heavy atom. The van der Waals surface area contributed by atoms with Gasteiger partial charge in [-0.1, -0.05) is 26.8 Å². The molecule has 0 N–H and O–H groups in total. The number of hydrogen-bond donors (Lipinski definition) is 0. The molecule has 0 bridgehead atoms. The maximum Gasteiger partial charge on any atom is 0.254 e. The molecule has 1 saturated carbocycles. The average molecular weight is 448 g/mol. The summed E-state index contributed by atoms with van der Waals surface area (Å²) in [6.45, 7) is 10.6. The van der Waals surface area contributed by atoms with Crippen LogP contribution in [-0.2, 0) is 10.0 Å². The van der Waals surface area contributed by atoms with E-state index in [1.54, 1.807) is 28.6 Å². The van der Waals surface area contributed by atoms with Crippen molar-refractivity contribution in [3.8, 4) is 0 Å². The summed E-state index contributed by atoms with van der Waals surface area (Å²) in [6, 6.07) is 7.32. The van der Waals surface area contributed by atoms with Gasteiger partial charge >= 0.3 is 0 Å². The number of piperidine rings is 2. The smallest absolute Gasteiger partial charge is 0.254 e. The SMILES string of the molecule is CCN1CCC(N(C(=O)c2cccc(S(=O)(=O)N3CC(C)CC(C)C3)c2)C2CC2)CC1.